The largest absolute Gasteiger partial charge is 0.513 e. The van der Waals surface area contributed by atoms with Gasteiger partial charge in [0.05, 0.1) is 16.8 Å². The smallest absolute Gasteiger partial charge is 0.398 e. The van der Waals surface area contributed by atoms with E-state index in [0.29, 0.717) is 5.61 Å². The normalized spacial score (nSPS) is 28.5. The molecule has 2 N–H and O–H groups in total. The second kappa shape index (κ2) is 4.14. The summed E-state index contributed by atoms with van der Waals surface area (Å²) in [6, 6.07) is 0. The molecule has 2 heterocycles. The highest BCUT2D eigenvalue weighted by Crippen LogP contribution is 2.37. The van der Waals surface area contributed by atoms with Gasteiger partial charge in [-0.25, -0.2) is 0 Å². The molecular weight excluding hydrogens is 215 g/mol. The number of rotatable bonds is 2. The fraction of sp³-hybridized carbons (Fsp3) is 0.750. The second-order valence-corrected chi connectivity index (χ2v) is 5.74. The van der Waals surface area contributed by atoms with Crippen LogP contribution in [-0.4, -0.2) is 30.5 Å². The number of hydrogen-bond acceptors (Lipinski definition) is 4. The molecule has 0 aromatic heterocycles. The van der Waals surface area contributed by atoms with Crippen molar-refractivity contribution in [2.24, 2.45) is 0 Å². The summed E-state index contributed by atoms with van der Waals surface area (Å²) in [6.45, 7) is 9.01. The van der Waals surface area contributed by atoms with E-state index in [0.717, 1.165) is 25.1 Å². The van der Waals surface area contributed by atoms with Crippen LogP contribution in [0.5, 0.6) is 0 Å². The second-order valence-electron chi connectivity index (χ2n) is 5.74. The molecule has 0 aromatic carbocycles. The minimum Gasteiger partial charge on any atom is -0.398 e. The molecule has 0 aromatic rings. The van der Waals surface area contributed by atoms with Gasteiger partial charge in [-0.2, -0.15) is 0 Å². The summed E-state index contributed by atoms with van der Waals surface area (Å²) < 4.78 is 11.6. The molecule has 4 nitrogen and oxygen atoms in total. The van der Waals surface area contributed by atoms with E-state index in [9.17, 15) is 0 Å². The highest BCUT2D eigenvalue weighted by molar-refractivity contribution is 6.84. The first-order valence-electron chi connectivity index (χ1n) is 6.20. The van der Waals surface area contributed by atoms with Gasteiger partial charge in [0.2, 0.25) is 0 Å². The Morgan fingerprint density at radius 2 is 1.88 bits per heavy atom. The molecule has 0 unspecified atom stereocenters. The molecule has 2 aliphatic rings. The Balaban J connectivity index is 2.05. The lowest BCUT2D eigenvalue weighted by Gasteiger charge is -2.32. The van der Waals surface area contributed by atoms with Gasteiger partial charge in [-0.1, -0.05) is 0 Å². The maximum Gasteiger partial charge on any atom is 0.513 e. The molecule has 2 saturated heterocycles. The van der Waals surface area contributed by atoms with Gasteiger partial charge in [0, 0.05) is 12.2 Å². The van der Waals surface area contributed by atoms with E-state index in [-0.39, 0.29) is 11.2 Å². The Kier molecular flexibility index (Phi) is 3.08. The predicted octanol–water partition coefficient (Wildman–Crippen LogP) is 1.90. The van der Waals surface area contributed by atoms with Crippen molar-refractivity contribution in [3.8, 4) is 0 Å². The van der Waals surface area contributed by atoms with Crippen LogP contribution in [0.4, 0.5) is 0 Å². The molecule has 0 spiro atoms. The monoisotopic (exact) mass is 236 g/mol. The van der Waals surface area contributed by atoms with Crippen molar-refractivity contribution in [1.29, 1.82) is 5.41 Å². The maximum atomic E-state index is 8.04. The quantitative estimate of drug-likeness (QED) is 0.568. The molecule has 5 heteroatoms. The summed E-state index contributed by atoms with van der Waals surface area (Å²) in [5.41, 5.74) is 0.773. The first kappa shape index (κ1) is 12.6. The van der Waals surface area contributed by atoms with Gasteiger partial charge < -0.3 is 20.0 Å². The van der Waals surface area contributed by atoms with Gasteiger partial charge >= 0.3 is 7.12 Å². The summed E-state index contributed by atoms with van der Waals surface area (Å²) in [4.78, 5) is 0. The molecule has 17 heavy (non-hydrogen) atoms. The van der Waals surface area contributed by atoms with Gasteiger partial charge in [0.25, 0.3) is 0 Å². The van der Waals surface area contributed by atoms with Crippen molar-refractivity contribution < 1.29 is 9.31 Å². The van der Waals surface area contributed by atoms with E-state index in [4.69, 9.17) is 14.7 Å². The van der Waals surface area contributed by atoms with Crippen LogP contribution < -0.4 is 5.32 Å². The zero-order valence-corrected chi connectivity index (χ0v) is 11.1. The molecule has 0 saturated carbocycles. The van der Waals surface area contributed by atoms with Crippen LogP contribution in [0.25, 0.3) is 0 Å². The first-order chi connectivity index (χ1) is 7.82. The Morgan fingerprint density at radius 3 is 2.35 bits per heavy atom. The van der Waals surface area contributed by atoms with Crippen LogP contribution in [0.15, 0.2) is 11.8 Å². The first-order valence-corrected chi connectivity index (χ1v) is 6.20. The van der Waals surface area contributed by atoms with Crippen molar-refractivity contribution in [3.05, 3.63) is 11.8 Å². The van der Waals surface area contributed by atoms with Crippen molar-refractivity contribution in [2.75, 3.05) is 6.54 Å². The number of hydrogen-bond donors (Lipinski definition) is 2. The summed E-state index contributed by atoms with van der Waals surface area (Å²) in [5, 5.41) is 11.3. The zero-order valence-electron chi connectivity index (χ0n) is 11.1. The maximum absolute atomic E-state index is 8.04. The van der Waals surface area contributed by atoms with Crippen molar-refractivity contribution in [2.45, 2.75) is 51.7 Å². The molecule has 0 bridgehead atoms. The summed E-state index contributed by atoms with van der Waals surface area (Å²) in [7, 11) is -0.546. The molecule has 94 valence electrons. The molecule has 2 fully saturated rings. The summed E-state index contributed by atoms with van der Waals surface area (Å²) in [6.07, 6.45) is 4.00. The molecule has 2 rings (SSSR count). The van der Waals surface area contributed by atoms with Crippen LogP contribution in [-0.2, 0) is 9.31 Å². The van der Waals surface area contributed by atoms with E-state index in [2.05, 4.69) is 5.32 Å². The standard InChI is InChI=1S/C12H21BN2O2/c1-11(2)12(3,4)17-13(16-11)10(14)8-9-6-5-7-15-9/h8,14-15H,5-7H2,1-4H3/b9-8-,14-10?. The Bertz CT molecular complexity index is 340. The lowest BCUT2D eigenvalue weighted by atomic mass is 9.81. The Labute approximate surface area is 103 Å². The molecule has 0 amide bonds. The lowest BCUT2D eigenvalue weighted by Crippen LogP contribution is -2.41. The van der Waals surface area contributed by atoms with Gasteiger partial charge in [-0.3, -0.25) is 0 Å². The number of nitrogens with one attached hydrogen (secondary N) is 2. The fourth-order valence-electron chi connectivity index (χ4n) is 1.97. The van der Waals surface area contributed by atoms with E-state index in [1.807, 2.05) is 33.8 Å². The molecule has 2 aliphatic heterocycles. The van der Waals surface area contributed by atoms with E-state index >= 15 is 0 Å². The average Bonchev–Trinajstić information content (AvgIpc) is 2.74. The van der Waals surface area contributed by atoms with Gasteiger partial charge in [0.1, 0.15) is 0 Å². The topological polar surface area (TPSA) is 54.3 Å². The molecule has 0 aliphatic carbocycles. The molecule has 0 radical (unpaired) electrons. The van der Waals surface area contributed by atoms with Crippen LogP contribution in [0.1, 0.15) is 40.5 Å². The Hall–Kier alpha value is -0.805. The molecule has 0 atom stereocenters. The van der Waals surface area contributed by atoms with Gasteiger partial charge in [0.15, 0.2) is 0 Å². The summed E-state index contributed by atoms with van der Waals surface area (Å²) in [5.74, 6) is 0. The zero-order chi connectivity index (χ0) is 12.7. The third kappa shape index (κ3) is 2.40. The third-order valence-corrected chi connectivity index (χ3v) is 3.81. The van der Waals surface area contributed by atoms with Crippen LogP contribution in [0, 0.1) is 5.41 Å². The summed E-state index contributed by atoms with van der Waals surface area (Å²) >= 11 is 0. The lowest BCUT2D eigenvalue weighted by molar-refractivity contribution is 0.00578. The third-order valence-electron chi connectivity index (χ3n) is 3.81. The van der Waals surface area contributed by atoms with Crippen molar-refractivity contribution in [3.63, 3.8) is 0 Å². The van der Waals surface area contributed by atoms with Crippen molar-refractivity contribution in [1.82, 2.24) is 5.32 Å². The minimum absolute atomic E-state index is 0.369. The van der Waals surface area contributed by atoms with Crippen LogP contribution >= 0.6 is 0 Å². The number of allylic oxidation sites excluding steroid dienone is 2. The average molecular weight is 236 g/mol. The van der Waals surface area contributed by atoms with E-state index in [1.54, 1.807) is 0 Å². The van der Waals surface area contributed by atoms with Crippen LogP contribution in [0.3, 0.4) is 0 Å². The predicted molar refractivity (Wildman–Crippen MR) is 69.1 cm³/mol. The highest BCUT2D eigenvalue weighted by Gasteiger charge is 2.52. The minimum atomic E-state index is -0.546. The Morgan fingerprint density at radius 1 is 1.29 bits per heavy atom. The fourth-order valence-corrected chi connectivity index (χ4v) is 1.97. The van der Waals surface area contributed by atoms with E-state index in [1.165, 1.54) is 0 Å². The van der Waals surface area contributed by atoms with Gasteiger partial charge in [-0.15, -0.1) is 0 Å². The van der Waals surface area contributed by atoms with E-state index < -0.39 is 7.12 Å². The van der Waals surface area contributed by atoms with Gasteiger partial charge in [-0.05, 0) is 46.6 Å². The SMILES string of the molecule is CC1(C)OB(C(=N)/C=C2/CCCN2)OC1(C)C. The van der Waals surface area contributed by atoms with Crippen LogP contribution in [0.2, 0.25) is 0 Å². The highest BCUT2D eigenvalue weighted by atomic mass is 16.7. The molecular formula is C12H21BN2O2. The van der Waals surface area contributed by atoms with Crippen molar-refractivity contribution >= 4 is 12.7 Å².